The van der Waals surface area contributed by atoms with Crippen molar-refractivity contribution in [2.75, 3.05) is 6.61 Å². The standard InChI is InChI=1S/C62H117NO5/c1-4-7-10-13-16-19-22-25-28-30-32-34-37-40-43-46-49-52-55-62(67)68-58(53-50-47-44-41-38-35-27-24-21-18-15-12-9-6-3)56-61(66)63-59(57-64)60(65)54-51-48-45-42-39-36-33-31-29-26-23-20-17-14-11-8-5-2/h32,34-35,38,41,44,58-60,64-65H,4-31,33,36-37,39-40,42-43,45-57H2,1-3H3,(H,63,66)/b34-32+,38-35+,44-41+. The molecule has 0 aromatic rings. The quantitative estimate of drug-likeness (QED) is 0.0244. The highest BCUT2D eigenvalue weighted by molar-refractivity contribution is 5.77. The average Bonchev–Trinajstić information content (AvgIpc) is 3.33. The number of carbonyl (C=O) groups is 2. The zero-order valence-electron chi connectivity index (χ0n) is 45.8. The van der Waals surface area contributed by atoms with Gasteiger partial charge in [0.25, 0.3) is 0 Å². The van der Waals surface area contributed by atoms with Crippen molar-refractivity contribution in [2.24, 2.45) is 0 Å². The monoisotopic (exact) mass is 956 g/mol. The third-order valence-electron chi connectivity index (χ3n) is 14.0. The maximum atomic E-state index is 13.3. The van der Waals surface area contributed by atoms with Crippen LogP contribution in [-0.4, -0.2) is 46.9 Å². The van der Waals surface area contributed by atoms with E-state index >= 15 is 0 Å². The van der Waals surface area contributed by atoms with Crippen LogP contribution in [0.2, 0.25) is 0 Å². The fourth-order valence-corrected chi connectivity index (χ4v) is 9.37. The summed E-state index contributed by atoms with van der Waals surface area (Å²) in [5.41, 5.74) is 0. The highest BCUT2D eigenvalue weighted by Crippen LogP contribution is 2.18. The number of amides is 1. The minimum absolute atomic E-state index is 0.0444. The Hall–Kier alpha value is -1.92. The van der Waals surface area contributed by atoms with Crippen LogP contribution in [0.25, 0.3) is 0 Å². The fourth-order valence-electron chi connectivity index (χ4n) is 9.37. The van der Waals surface area contributed by atoms with Crippen LogP contribution in [0.15, 0.2) is 36.5 Å². The van der Waals surface area contributed by atoms with Gasteiger partial charge in [-0.2, -0.15) is 0 Å². The first-order valence-corrected chi connectivity index (χ1v) is 30.2. The number of unbranched alkanes of at least 4 members (excludes halogenated alkanes) is 38. The molecule has 3 N–H and O–H groups in total. The number of hydrogen-bond donors (Lipinski definition) is 3. The normalized spacial score (nSPS) is 13.3. The van der Waals surface area contributed by atoms with Gasteiger partial charge in [0.05, 0.1) is 25.2 Å². The summed E-state index contributed by atoms with van der Waals surface area (Å²) in [6.45, 7) is 6.51. The van der Waals surface area contributed by atoms with Gasteiger partial charge in [0, 0.05) is 6.42 Å². The molecule has 68 heavy (non-hydrogen) atoms. The van der Waals surface area contributed by atoms with Gasteiger partial charge in [0.1, 0.15) is 6.10 Å². The lowest BCUT2D eigenvalue weighted by atomic mass is 10.0. The van der Waals surface area contributed by atoms with Crippen molar-refractivity contribution in [2.45, 2.75) is 341 Å². The molecule has 0 aromatic heterocycles. The van der Waals surface area contributed by atoms with Gasteiger partial charge >= 0.3 is 5.97 Å². The zero-order chi connectivity index (χ0) is 49.5. The van der Waals surface area contributed by atoms with E-state index in [-0.39, 0.29) is 24.9 Å². The molecule has 3 atom stereocenters. The van der Waals surface area contributed by atoms with Crippen LogP contribution >= 0.6 is 0 Å². The van der Waals surface area contributed by atoms with E-state index in [1.807, 2.05) is 0 Å². The second kappa shape index (κ2) is 56.0. The summed E-state index contributed by atoms with van der Waals surface area (Å²) in [5, 5.41) is 23.9. The van der Waals surface area contributed by atoms with E-state index in [1.54, 1.807) is 0 Å². The van der Waals surface area contributed by atoms with Crippen molar-refractivity contribution in [1.29, 1.82) is 0 Å². The Morgan fingerprint density at radius 1 is 0.426 bits per heavy atom. The SMILES string of the molecule is CCCCCCCCC/C=C/C=C/CCCC(CC(=O)NC(CO)C(O)CCCCCCCCCCCCCCCCCCC)OC(=O)CCCCCCC/C=C/CCCCCCCCCCC. The minimum Gasteiger partial charge on any atom is -0.462 e. The summed E-state index contributed by atoms with van der Waals surface area (Å²) in [6, 6.07) is -0.717. The molecule has 1 amide bonds. The molecular formula is C62H117NO5. The molecule has 400 valence electrons. The molecule has 0 saturated carbocycles. The lowest BCUT2D eigenvalue weighted by Crippen LogP contribution is -2.46. The van der Waals surface area contributed by atoms with E-state index < -0.39 is 18.2 Å². The van der Waals surface area contributed by atoms with Crippen molar-refractivity contribution in [3.63, 3.8) is 0 Å². The molecule has 0 aliphatic carbocycles. The van der Waals surface area contributed by atoms with Crippen molar-refractivity contribution in [1.82, 2.24) is 5.32 Å². The molecular weight excluding hydrogens is 839 g/mol. The number of allylic oxidation sites excluding steroid dienone is 6. The van der Waals surface area contributed by atoms with Crippen molar-refractivity contribution in [3.05, 3.63) is 36.5 Å². The summed E-state index contributed by atoms with van der Waals surface area (Å²) >= 11 is 0. The molecule has 0 rings (SSSR count). The van der Waals surface area contributed by atoms with Crippen LogP contribution < -0.4 is 5.32 Å². The summed E-state index contributed by atoms with van der Waals surface area (Å²) in [5.74, 6) is -0.516. The summed E-state index contributed by atoms with van der Waals surface area (Å²) in [6.07, 6.45) is 67.9. The van der Waals surface area contributed by atoms with Crippen LogP contribution in [-0.2, 0) is 14.3 Å². The predicted octanol–water partition coefficient (Wildman–Crippen LogP) is 18.8. The molecule has 0 aliphatic heterocycles. The molecule has 6 heteroatoms. The Labute approximate surface area is 424 Å². The number of esters is 1. The summed E-state index contributed by atoms with van der Waals surface area (Å²) in [7, 11) is 0. The number of rotatable bonds is 55. The van der Waals surface area contributed by atoms with Gasteiger partial charge in [-0.3, -0.25) is 9.59 Å². The summed E-state index contributed by atoms with van der Waals surface area (Å²) < 4.78 is 5.94. The van der Waals surface area contributed by atoms with Gasteiger partial charge in [0.15, 0.2) is 0 Å². The van der Waals surface area contributed by atoms with Crippen LogP contribution in [0.5, 0.6) is 0 Å². The Balaban J connectivity index is 4.55. The maximum absolute atomic E-state index is 13.3. The fraction of sp³-hybridized carbons (Fsp3) is 0.871. The number of aliphatic hydroxyl groups is 2. The lowest BCUT2D eigenvalue weighted by molar-refractivity contribution is -0.151. The number of ether oxygens (including phenoxy) is 1. The van der Waals surface area contributed by atoms with Gasteiger partial charge in [-0.1, -0.05) is 276 Å². The predicted molar refractivity (Wildman–Crippen MR) is 296 cm³/mol. The first kappa shape index (κ1) is 66.1. The summed E-state index contributed by atoms with van der Waals surface area (Å²) in [4.78, 5) is 26.3. The van der Waals surface area contributed by atoms with Gasteiger partial charge in [-0.05, 0) is 70.6 Å². The molecule has 0 radical (unpaired) electrons. The first-order chi connectivity index (χ1) is 33.5. The largest absolute Gasteiger partial charge is 0.462 e. The van der Waals surface area contributed by atoms with Crippen LogP contribution in [0, 0.1) is 0 Å². The lowest BCUT2D eigenvalue weighted by Gasteiger charge is -2.24. The van der Waals surface area contributed by atoms with Crippen LogP contribution in [0.1, 0.15) is 323 Å². The first-order valence-electron chi connectivity index (χ1n) is 30.2. The number of hydrogen-bond acceptors (Lipinski definition) is 5. The molecule has 0 aliphatic rings. The van der Waals surface area contributed by atoms with E-state index in [1.165, 1.54) is 212 Å². The highest BCUT2D eigenvalue weighted by Gasteiger charge is 2.24. The third-order valence-corrected chi connectivity index (χ3v) is 14.0. The second-order valence-corrected chi connectivity index (χ2v) is 20.8. The Bertz CT molecular complexity index is 1120. The smallest absolute Gasteiger partial charge is 0.306 e. The maximum Gasteiger partial charge on any atom is 0.306 e. The molecule has 0 bridgehead atoms. The Morgan fingerprint density at radius 3 is 1.16 bits per heavy atom. The van der Waals surface area contributed by atoms with E-state index in [0.29, 0.717) is 19.3 Å². The Kier molecular flexibility index (Phi) is 54.4. The van der Waals surface area contributed by atoms with Gasteiger partial charge in [-0.25, -0.2) is 0 Å². The van der Waals surface area contributed by atoms with E-state index in [2.05, 4.69) is 62.5 Å². The van der Waals surface area contributed by atoms with E-state index in [4.69, 9.17) is 4.74 Å². The number of carbonyl (C=O) groups excluding carboxylic acids is 2. The van der Waals surface area contributed by atoms with E-state index in [9.17, 15) is 19.8 Å². The molecule has 0 heterocycles. The molecule has 0 fully saturated rings. The van der Waals surface area contributed by atoms with Crippen molar-refractivity contribution >= 4 is 11.9 Å². The second-order valence-electron chi connectivity index (χ2n) is 20.8. The molecule has 0 aromatic carbocycles. The molecule has 0 saturated heterocycles. The van der Waals surface area contributed by atoms with Gasteiger partial charge < -0.3 is 20.3 Å². The topological polar surface area (TPSA) is 95.9 Å². The van der Waals surface area contributed by atoms with Gasteiger partial charge in [-0.15, -0.1) is 0 Å². The molecule has 6 nitrogen and oxygen atoms in total. The van der Waals surface area contributed by atoms with Gasteiger partial charge in [0.2, 0.25) is 5.91 Å². The number of nitrogens with one attached hydrogen (secondary N) is 1. The average molecular weight is 957 g/mol. The molecule has 3 unspecified atom stereocenters. The third kappa shape index (κ3) is 50.5. The molecule has 0 spiro atoms. The number of aliphatic hydroxyl groups excluding tert-OH is 2. The minimum atomic E-state index is -0.800. The van der Waals surface area contributed by atoms with Crippen molar-refractivity contribution in [3.8, 4) is 0 Å². The Morgan fingerprint density at radius 2 is 0.765 bits per heavy atom. The van der Waals surface area contributed by atoms with Crippen LogP contribution in [0.4, 0.5) is 0 Å². The van der Waals surface area contributed by atoms with E-state index in [0.717, 1.165) is 64.2 Å². The highest BCUT2D eigenvalue weighted by atomic mass is 16.5. The van der Waals surface area contributed by atoms with Crippen LogP contribution in [0.3, 0.4) is 0 Å². The zero-order valence-corrected chi connectivity index (χ0v) is 45.8. The van der Waals surface area contributed by atoms with Crippen molar-refractivity contribution < 1.29 is 24.5 Å².